The number of aliphatic carboxylic acids is 1. The minimum Gasteiger partial charge on any atom is -0.493 e. The number of hydrogen-bond donors (Lipinski definition) is 1. The van der Waals surface area contributed by atoms with Crippen molar-refractivity contribution in [3.8, 4) is 17.2 Å². The summed E-state index contributed by atoms with van der Waals surface area (Å²) in [6, 6.07) is 17.6. The summed E-state index contributed by atoms with van der Waals surface area (Å²) in [5.74, 6) is -0.192. The third-order valence-corrected chi connectivity index (χ3v) is 4.23. The van der Waals surface area contributed by atoms with Gasteiger partial charge in [-0.1, -0.05) is 24.3 Å². The van der Waals surface area contributed by atoms with Crippen LogP contribution < -0.4 is 14.2 Å². The van der Waals surface area contributed by atoms with Crippen LogP contribution in [0, 0.1) is 0 Å². The SMILES string of the molecule is COc1cc(C(=O)/C=C/c2ccccc2OCc2ccccn2)ccc1OCC(=O)O. The molecule has 0 bridgehead atoms. The maximum atomic E-state index is 12.6. The Morgan fingerprint density at radius 2 is 1.77 bits per heavy atom. The standard InChI is InChI=1S/C24H21NO6/c1-29-23-14-18(10-12-22(23)31-16-24(27)28)20(26)11-9-17-6-2-3-8-21(17)30-15-19-7-4-5-13-25-19/h2-14H,15-16H2,1H3,(H,27,28)/b11-9+. The van der Waals surface area contributed by atoms with Gasteiger partial charge in [-0.25, -0.2) is 4.79 Å². The van der Waals surface area contributed by atoms with E-state index in [1.54, 1.807) is 18.3 Å². The van der Waals surface area contributed by atoms with Crippen LogP contribution in [0.15, 0.2) is 72.9 Å². The fourth-order valence-corrected chi connectivity index (χ4v) is 2.73. The number of aromatic nitrogens is 1. The van der Waals surface area contributed by atoms with E-state index in [0.29, 0.717) is 17.9 Å². The minimum atomic E-state index is -1.10. The molecule has 1 heterocycles. The number of para-hydroxylation sites is 1. The van der Waals surface area contributed by atoms with Gasteiger partial charge < -0.3 is 19.3 Å². The van der Waals surface area contributed by atoms with Gasteiger partial charge >= 0.3 is 5.97 Å². The van der Waals surface area contributed by atoms with Gasteiger partial charge in [-0.2, -0.15) is 0 Å². The molecule has 3 rings (SSSR count). The van der Waals surface area contributed by atoms with Crippen molar-refractivity contribution >= 4 is 17.8 Å². The topological polar surface area (TPSA) is 95.0 Å². The first-order valence-electron chi connectivity index (χ1n) is 9.43. The summed E-state index contributed by atoms with van der Waals surface area (Å²) in [5.41, 5.74) is 1.93. The predicted octanol–water partition coefficient (Wildman–Crippen LogP) is 4.03. The lowest BCUT2D eigenvalue weighted by Gasteiger charge is -2.10. The van der Waals surface area contributed by atoms with Gasteiger partial charge in [-0.05, 0) is 48.6 Å². The van der Waals surface area contributed by atoms with E-state index in [2.05, 4.69) is 4.98 Å². The van der Waals surface area contributed by atoms with Gasteiger partial charge in [0.05, 0.1) is 12.8 Å². The average molecular weight is 419 g/mol. The lowest BCUT2D eigenvalue weighted by Crippen LogP contribution is -2.10. The van der Waals surface area contributed by atoms with Crippen LogP contribution in [0.3, 0.4) is 0 Å². The third kappa shape index (κ3) is 6.17. The number of carbonyl (C=O) groups excluding carboxylic acids is 1. The number of ketones is 1. The van der Waals surface area contributed by atoms with E-state index in [1.807, 2.05) is 42.5 Å². The fourth-order valence-electron chi connectivity index (χ4n) is 2.73. The van der Waals surface area contributed by atoms with Crippen molar-refractivity contribution < 1.29 is 28.9 Å². The zero-order valence-electron chi connectivity index (χ0n) is 16.9. The van der Waals surface area contributed by atoms with Crippen molar-refractivity contribution in [3.63, 3.8) is 0 Å². The Labute approximate surface area is 179 Å². The number of carboxylic acids is 1. The molecule has 7 heteroatoms. The molecule has 0 amide bonds. The number of methoxy groups -OCH3 is 1. The fraction of sp³-hybridized carbons (Fsp3) is 0.125. The van der Waals surface area contributed by atoms with Gasteiger partial charge in [0.15, 0.2) is 23.9 Å². The highest BCUT2D eigenvalue weighted by Gasteiger charge is 2.11. The number of carboxylic acid groups (broad SMARTS) is 1. The second-order valence-electron chi connectivity index (χ2n) is 6.39. The van der Waals surface area contributed by atoms with E-state index in [0.717, 1.165) is 11.3 Å². The maximum Gasteiger partial charge on any atom is 0.341 e. The van der Waals surface area contributed by atoms with Gasteiger partial charge in [-0.3, -0.25) is 9.78 Å². The van der Waals surface area contributed by atoms with E-state index in [1.165, 1.54) is 25.3 Å². The number of nitrogens with zero attached hydrogens (tertiary/aromatic N) is 1. The van der Waals surface area contributed by atoms with E-state index < -0.39 is 12.6 Å². The van der Waals surface area contributed by atoms with Gasteiger partial charge in [0.2, 0.25) is 0 Å². The van der Waals surface area contributed by atoms with Crippen LogP contribution in [0.5, 0.6) is 17.2 Å². The number of allylic oxidation sites excluding steroid dienone is 1. The molecule has 1 N–H and O–H groups in total. The van der Waals surface area contributed by atoms with Crippen molar-refractivity contribution in [2.24, 2.45) is 0 Å². The molecule has 0 saturated heterocycles. The second-order valence-corrected chi connectivity index (χ2v) is 6.39. The van der Waals surface area contributed by atoms with E-state index in [4.69, 9.17) is 19.3 Å². The largest absolute Gasteiger partial charge is 0.493 e. The normalized spacial score (nSPS) is 10.6. The van der Waals surface area contributed by atoms with Gasteiger partial charge in [-0.15, -0.1) is 0 Å². The summed E-state index contributed by atoms with van der Waals surface area (Å²) >= 11 is 0. The highest BCUT2D eigenvalue weighted by molar-refractivity contribution is 6.07. The first-order chi connectivity index (χ1) is 15.1. The number of rotatable bonds is 10. The average Bonchev–Trinajstić information content (AvgIpc) is 2.80. The number of benzene rings is 2. The lowest BCUT2D eigenvalue weighted by atomic mass is 10.1. The smallest absolute Gasteiger partial charge is 0.341 e. The van der Waals surface area contributed by atoms with Crippen molar-refractivity contribution in [1.29, 1.82) is 0 Å². The third-order valence-electron chi connectivity index (χ3n) is 4.23. The van der Waals surface area contributed by atoms with Crippen molar-refractivity contribution in [3.05, 3.63) is 89.8 Å². The van der Waals surface area contributed by atoms with Crippen LogP contribution in [0.2, 0.25) is 0 Å². The molecule has 0 aliphatic carbocycles. The van der Waals surface area contributed by atoms with Crippen molar-refractivity contribution in [2.45, 2.75) is 6.61 Å². The Hall–Kier alpha value is -4.13. The number of carbonyl (C=O) groups is 2. The molecular formula is C24H21NO6. The summed E-state index contributed by atoms with van der Waals surface area (Å²) in [5, 5.41) is 8.74. The molecule has 0 spiro atoms. The molecular weight excluding hydrogens is 398 g/mol. The molecule has 158 valence electrons. The number of ether oxygens (including phenoxy) is 3. The maximum absolute atomic E-state index is 12.6. The summed E-state index contributed by atoms with van der Waals surface area (Å²) in [6.45, 7) is -0.187. The van der Waals surface area contributed by atoms with E-state index in [9.17, 15) is 9.59 Å². The Bertz CT molecular complexity index is 1080. The van der Waals surface area contributed by atoms with E-state index >= 15 is 0 Å². The Balaban J connectivity index is 1.72. The number of pyridine rings is 1. The molecule has 1 aromatic heterocycles. The Morgan fingerprint density at radius 1 is 0.968 bits per heavy atom. The van der Waals surface area contributed by atoms with Crippen LogP contribution in [0.1, 0.15) is 21.6 Å². The molecule has 0 radical (unpaired) electrons. The zero-order valence-corrected chi connectivity index (χ0v) is 16.9. The molecule has 0 unspecified atom stereocenters. The zero-order chi connectivity index (χ0) is 22.1. The quantitative estimate of drug-likeness (QED) is 0.392. The Morgan fingerprint density at radius 3 is 2.52 bits per heavy atom. The summed E-state index contributed by atoms with van der Waals surface area (Å²) in [4.78, 5) is 27.5. The van der Waals surface area contributed by atoms with Gasteiger partial charge in [0.25, 0.3) is 0 Å². The summed E-state index contributed by atoms with van der Waals surface area (Å²) in [6.07, 6.45) is 4.82. The monoisotopic (exact) mass is 419 g/mol. The van der Waals surface area contributed by atoms with Crippen molar-refractivity contribution in [2.75, 3.05) is 13.7 Å². The Kier molecular flexibility index (Phi) is 7.37. The predicted molar refractivity (Wildman–Crippen MR) is 115 cm³/mol. The molecule has 0 aliphatic heterocycles. The molecule has 2 aromatic carbocycles. The van der Waals surface area contributed by atoms with Crippen LogP contribution in [-0.2, 0) is 11.4 Å². The molecule has 3 aromatic rings. The van der Waals surface area contributed by atoms with Crippen LogP contribution in [-0.4, -0.2) is 35.6 Å². The van der Waals surface area contributed by atoms with Gasteiger partial charge in [0, 0.05) is 17.3 Å². The minimum absolute atomic E-state index is 0.248. The number of hydrogen-bond acceptors (Lipinski definition) is 6. The van der Waals surface area contributed by atoms with Crippen LogP contribution >= 0.6 is 0 Å². The summed E-state index contributed by atoms with van der Waals surface area (Å²) < 4.78 is 16.2. The molecule has 0 aliphatic rings. The molecule has 7 nitrogen and oxygen atoms in total. The summed E-state index contributed by atoms with van der Waals surface area (Å²) in [7, 11) is 1.42. The molecule has 0 atom stereocenters. The molecule has 31 heavy (non-hydrogen) atoms. The highest BCUT2D eigenvalue weighted by atomic mass is 16.5. The van der Waals surface area contributed by atoms with Crippen LogP contribution in [0.25, 0.3) is 6.08 Å². The first kappa shape index (κ1) is 21.6. The van der Waals surface area contributed by atoms with Crippen molar-refractivity contribution in [1.82, 2.24) is 4.98 Å². The van der Waals surface area contributed by atoms with E-state index in [-0.39, 0.29) is 17.3 Å². The molecule has 0 fully saturated rings. The highest BCUT2D eigenvalue weighted by Crippen LogP contribution is 2.28. The van der Waals surface area contributed by atoms with Gasteiger partial charge in [0.1, 0.15) is 12.4 Å². The first-order valence-corrected chi connectivity index (χ1v) is 9.43. The van der Waals surface area contributed by atoms with Crippen LogP contribution in [0.4, 0.5) is 0 Å². The molecule has 0 saturated carbocycles. The second kappa shape index (κ2) is 10.6. The lowest BCUT2D eigenvalue weighted by molar-refractivity contribution is -0.139.